The first kappa shape index (κ1) is 38.6. The number of para-hydroxylation sites is 1. The number of hydrogen-bond acceptors (Lipinski definition) is 5. The molecule has 7 nitrogen and oxygen atoms in total. The molecule has 8 heteroatoms. The lowest BCUT2D eigenvalue weighted by Crippen LogP contribution is -2.54. The summed E-state index contributed by atoms with van der Waals surface area (Å²) in [6.45, 7) is 18.9. The van der Waals surface area contributed by atoms with Crippen LogP contribution in [0.1, 0.15) is 70.1 Å². The number of benzene rings is 3. The maximum absolute atomic E-state index is 13.0. The van der Waals surface area contributed by atoms with Gasteiger partial charge in [-0.25, -0.2) is 4.39 Å². The number of hydrogen-bond donors (Lipinski definition) is 2. The summed E-state index contributed by atoms with van der Waals surface area (Å²) in [4.78, 5) is 15.3. The van der Waals surface area contributed by atoms with Crippen molar-refractivity contribution in [1.29, 1.82) is 0 Å². The van der Waals surface area contributed by atoms with Gasteiger partial charge in [-0.2, -0.15) is 0 Å². The number of rotatable bonds is 11. The normalized spacial score (nSPS) is 16.9. The van der Waals surface area contributed by atoms with E-state index in [0.717, 1.165) is 43.1 Å². The summed E-state index contributed by atoms with van der Waals surface area (Å²) in [5.41, 5.74) is 4.53. The Labute approximate surface area is 287 Å². The van der Waals surface area contributed by atoms with Gasteiger partial charge < -0.3 is 19.7 Å². The number of carbonyl (C=O) groups is 1. The molecule has 1 amide bonds. The topological polar surface area (TPSA) is 70.0 Å². The Kier molecular flexibility index (Phi) is 16.5. The molecule has 2 N–H and O–H groups in total. The van der Waals surface area contributed by atoms with Gasteiger partial charge in [-0.3, -0.25) is 14.6 Å². The second-order valence-corrected chi connectivity index (χ2v) is 12.4. The molecule has 2 saturated heterocycles. The van der Waals surface area contributed by atoms with Crippen LogP contribution in [-0.2, 0) is 17.9 Å². The van der Waals surface area contributed by atoms with Crippen molar-refractivity contribution in [2.75, 3.05) is 32.8 Å². The Morgan fingerprint density at radius 1 is 0.917 bits per heavy atom. The monoisotopic (exact) mass is 660 g/mol. The first-order valence-electron chi connectivity index (χ1n) is 17.7. The van der Waals surface area contributed by atoms with Gasteiger partial charge in [0.15, 0.2) is 0 Å². The number of phenols is 1. The number of amides is 1. The van der Waals surface area contributed by atoms with Gasteiger partial charge in [-0.05, 0) is 86.2 Å². The number of aromatic nitrogens is 1. The molecule has 0 saturated carbocycles. The molecule has 2 unspecified atom stereocenters. The first-order chi connectivity index (χ1) is 23.3. The zero-order valence-corrected chi connectivity index (χ0v) is 29.9. The number of nitrogens with one attached hydrogen (secondary N) is 1. The van der Waals surface area contributed by atoms with Gasteiger partial charge in [0.1, 0.15) is 23.9 Å². The number of aromatic hydroxyl groups is 1. The lowest BCUT2D eigenvalue weighted by Gasteiger charge is -2.41. The fourth-order valence-corrected chi connectivity index (χ4v) is 6.47. The van der Waals surface area contributed by atoms with E-state index in [0.29, 0.717) is 31.6 Å². The van der Waals surface area contributed by atoms with Crippen LogP contribution in [0.5, 0.6) is 11.5 Å². The number of ether oxygens (including phenoxy) is 1. The van der Waals surface area contributed by atoms with Crippen LogP contribution in [0.3, 0.4) is 0 Å². The van der Waals surface area contributed by atoms with Gasteiger partial charge in [0, 0.05) is 68.5 Å². The van der Waals surface area contributed by atoms with Crippen LogP contribution < -0.4 is 10.1 Å². The van der Waals surface area contributed by atoms with Crippen molar-refractivity contribution in [1.82, 2.24) is 19.7 Å². The van der Waals surface area contributed by atoms with Crippen LogP contribution in [0, 0.1) is 19.7 Å². The van der Waals surface area contributed by atoms with E-state index in [9.17, 15) is 14.3 Å². The van der Waals surface area contributed by atoms with E-state index in [1.54, 1.807) is 24.3 Å². The summed E-state index contributed by atoms with van der Waals surface area (Å²) in [6.07, 6.45) is 8.02. The van der Waals surface area contributed by atoms with Crippen molar-refractivity contribution in [3.63, 3.8) is 0 Å². The second kappa shape index (κ2) is 20.5. The number of nitrogens with zero attached hydrogens (tertiary/aromatic N) is 3. The van der Waals surface area contributed by atoms with Crippen LogP contribution in [0.25, 0.3) is 10.9 Å². The molecule has 4 aromatic rings. The number of aryl methyl sites for hydroxylation is 3. The molecule has 6 rings (SSSR count). The molecule has 48 heavy (non-hydrogen) atoms. The third-order valence-corrected chi connectivity index (χ3v) is 8.65. The molecule has 2 aliphatic heterocycles. The van der Waals surface area contributed by atoms with E-state index in [1.807, 2.05) is 26.8 Å². The van der Waals surface area contributed by atoms with Gasteiger partial charge in [-0.15, -0.1) is 0 Å². The number of likely N-dealkylation sites (tertiary alicyclic amines) is 1. The lowest BCUT2D eigenvalue weighted by atomic mass is 10.1. The molecule has 0 spiro atoms. The summed E-state index contributed by atoms with van der Waals surface area (Å²) < 4.78 is 21.2. The first-order valence-corrected chi connectivity index (χ1v) is 17.7. The van der Waals surface area contributed by atoms with Gasteiger partial charge in [-0.1, -0.05) is 64.4 Å². The molecule has 1 aromatic heterocycles. The zero-order chi connectivity index (χ0) is 34.9. The van der Waals surface area contributed by atoms with Crippen LogP contribution in [0.15, 0.2) is 72.9 Å². The predicted octanol–water partition coefficient (Wildman–Crippen LogP) is 8.10. The predicted molar refractivity (Wildman–Crippen MR) is 196 cm³/mol. The molecule has 2 atom stereocenters. The van der Waals surface area contributed by atoms with Gasteiger partial charge in [0.05, 0.1) is 0 Å². The Morgan fingerprint density at radius 2 is 1.58 bits per heavy atom. The highest BCUT2D eigenvalue weighted by atomic mass is 19.1. The number of phenolic OH excluding ortho intramolecular Hbond substituents is 1. The third kappa shape index (κ3) is 11.4. The maximum atomic E-state index is 13.0. The Bertz CT molecular complexity index is 1490. The van der Waals surface area contributed by atoms with E-state index < -0.39 is 0 Å². The van der Waals surface area contributed by atoms with Gasteiger partial charge in [0.2, 0.25) is 6.41 Å². The third-order valence-electron chi connectivity index (χ3n) is 8.65. The Balaban J connectivity index is 0.000000307. The lowest BCUT2D eigenvalue weighted by molar-refractivity contribution is -0.109. The van der Waals surface area contributed by atoms with Crippen molar-refractivity contribution < 1.29 is 19.0 Å². The van der Waals surface area contributed by atoms with E-state index in [1.165, 1.54) is 60.8 Å². The molecular weight excluding hydrogens is 603 g/mol. The summed E-state index contributed by atoms with van der Waals surface area (Å²) in [7, 11) is 0. The molecule has 262 valence electrons. The van der Waals surface area contributed by atoms with Crippen molar-refractivity contribution in [2.45, 2.75) is 92.4 Å². The number of piperazine rings is 1. The van der Waals surface area contributed by atoms with E-state index in [2.05, 4.69) is 70.9 Å². The van der Waals surface area contributed by atoms with Gasteiger partial charge >= 0.3 is 0 Å². The van der Waals surface area contributed by atoms with Crippen molar-refractivity contribution in [3.8, 4) is 11.5 Å². The fraction of sp³-hybridized carbons (Fsp3) is 0.475. The van der Waals surface area contributed by atoms with Crippen LogP contribution >= 0.6 is 0 Å². The number of fused-ring (bicyclic) bond motifs is 3. The molecule has 2 bridgehead atoms. The average Bonchev–Trinajstić information content (AvgIpc) is 3.54. The fourth-order valence-electron chi connectivity index (χ4n) is 6.47. The molecule has 2 fully saturated rings. The summed E-state index contributed by atoms with van der Waals surface area (Å²) in [5.74, 6) is 0.806. The van der Waals surface area contributed by atoms with Crippen molar-refractivity contribution >= 4 is 17.3 Å². The second-order valence-electron chi connectivity index (χ2n) is 12.4. The quantitative estimate of drug-likeness (QED) is 0.159. The van der Waals surface area contributed by atoms with E-state index >= 15 is 0 Å². The van der Waals surface area contributed by atoms with Crippen LogP contribution in [0.4, 0.5) is 4.39 Å². The molecular formula is C40H57FN4O3. The largest absolute Gasteiger partial charge is 0.508 e. The minimum Gasteiger partial charge on any atom is -0.508 e. The molecule has 2 aliphatic rings. The highest BCUT2D eigenvalue weighted by Crippen LogP contribution is 2.30. The molecule has 3 aromatic carbocycles. The number of halogens is 1. The standard InChI is InChI=1S/C26H32FN3O.C9H11NO2.C3H8.C2H6/c1-20-17-29(26-6-3-2-5-25(20)26)13-4-14-30-22-9-10-23(30)19-28(18-22)15-16-31-24-11-7-21(27)8-12-24;1-7-4-8(5-10-6-11)2-3-9(7)12;1-3-2;1-2/h2-3,5-8,11-12,17,22-23H,4,9-10,13-16,18-19H2,1H3;2-4,6,12H,5H2,1H3,(H,10,11);3H2,1-2H3;1-2H3. The summed E-state index contributed by atoms with van der Waals surface area (Å²) in [5, 5.41) is 13.1. The highest BCUT2D eigenvalue weighted by molar-refractivity contribution is 5.83. The maximum Gasteiger partial charge on any atom is 0.207 e. The molecule has 0 radical (unpaired) electrons. The van der Waals surface area contributed by atoms with Crippen molar-refractivity contribution in [2.24, 2.45) is 0 Å². The smallest absolute Gasteiger partial charge is 0.207 e. The summed E-state index contributed by atoms with van der Waals surface area (Å²) in [6, 6.07) is 21.6. The Morgan fingerprint density at radius 3 is 2.23 bits per heavy atom. The SMILES string of the molecule is CC.CCC.Cc1cc(CNC=O)ccc1O.Cc1cn(CCCN2C3CCC2CN(CCOc2ccc(F)cc2)C3)c2ccccc12. The Hall–Kier alpha value is -3.88. The van der Waals surface area contributed by atoms with Gasteiger partial charge in [0.25, 0.3) is 0 Å². The average molecular weight is 661 g/mol. The van der Waals surface area contributed by atoms with Crippen LogP contribution in [-0.4, -0.2) is 70.8 Å². The minimum atomic E-state index is -0.222. The van der Waals surface area contributed by atoms with Crippen LogP contribution in [0.2, 0.25) is 0 Å². The summed E-state index contributed by atoms with van der Waals surface area (Å²) >= 11 is 0. The minimum absolute atomic E-state index is 0.222. The molecule has 3 heterocycles. The van der Waals surface area contributed by atoms with Crippen molar-refractivity contribution in [3.05, 3.63) is 95.4 Å². The molecule has 0 aliphatic carbocycles. The highest BCUT2D eigenvalue weighted by Gasteiger charge is 2.39. The zero-order valence-electron chi connectivity index (χ0n) is 29.9. The number of carbonyl (C=O) groups excluding carboxylic acids is 1. The van der Waals surface area contributed by atoms with E-state index in [4.69, 9.17) is 4.74 Å². The van der Waals surface area contributed by atoms with E-state index in [-0.39, 0.29) is 11.6 Å².